The summed E-state index contributed by atoms with van der Waals surface area (Å²) in [5, 5.41) is 3.13. The molecule has 196 valence electrons. The molecule has 1 N–H and O–H groups in total. The summed E-state index contributed by atoms with van der Waals surface area (Å²) in [5.74, 6) is 1.88. The van der Waals surface area contributed by atoms with E-state index in [0.29, 0.717) is 51.3 Å². The van der Waals surface area contributed by atoms with Crippen molar-refractivity contribution in [2.45, 2.75) is 58.9 Å². The molecule has 2 aromatic carbocycles. The quantitative estimate of drug-likeness (QED) is 0.425. The Bertz CT molecular complexity index is 1010. The lowest BCUT2D eigenvalue weighted by Crippen LogP contribution is -2.48. The maximum atomic E-state index is 13.5. The molecule has 1 fully saturated rings. The highest BCUT2D eigenvalue weighted by molar-refractivity contribution is 5.85. The maximum Gasteiger partial charge on any atom is 0.225 e. The number of rotatable bonds is 13. The first-order valence-electron chi connectivity index (χ1n) is 13.1. The van der Waals surface area contributed by atoms with E-state index in [-0.39, 0.29) is 23.8 Å². The number of hydrogen-bond donors (Lipinski definition) is 1. The number of amides is 2. The highest BCUT2D eigenvalue weighted by atomic mass is 16.5. The molecule has 1 saturated heterocycles. The molecule has 1 aliphatic rings. The third kappa shape index (κ3) is 6.71. The largest absolute Gasteiger partial charge is 0.496 e. The molecule has 2 atom stereocenters. The van der Waals surface area contributed by atoms with Crippen molar-refractivity contribution in [2.75, 3.05) is 33.4 Å². The molecule has 2 aromatic rings. The molecule has 1 heterocycles. The minimum absolute atomic E-state index is 0.0316. The first-order valence-corrected chi connectivity index (χ1v) is 13.1. The van der Waals surface area contributed by atoms with Crippen molar-refractivity contribution < 1.29 is 23.8 Å². The number of nitrogens with one attached hydrogen (secondary N) is 1. The van der Waals surface area contributed by atoms with Crippen molar-refractivity contribution in [3.05, 3.63) is 53.6 Å². The first-order chi connectivity index (χ1) is 17.5. The molecule has 7 nitrogen and oxygen atoms in total. The van der Waals surface area contributed by atoms with E-state index in [0.717, 1.165) is 35.5 Å². The molecule has 0 unspecified atom stereocenters. The van der Waals surface area contributed by atoms with Gasteiger partial charge in [0.25, 0.3) is 0 Å². The van der Waals surface area contributed by atoms with Crippen LogP contribution in [0, 0.1) is 5.92 Å². The van der Waals surface area contributed by atoms with Gasteiger partial charge in [0.1, 0.15) is 5.75 Å². The van der Waals surface area contributed by atoms with Gasteiger partial charge < -0.3 is 24.4 Å². The van der Waals surface area contributed by atoms with Gasteiger partial charge in [-0.25, -0.2) is 0 Å². The summed E-state index contributed by atoms with van der Waals surface area (Å²) >= 11 is 0. The zero-order valence-electron chi connectivity index (χ0n) is 22.0. The predicted molar refractivity (Wildman–Crippen MR) is 141 cm³/mol. The number of benzene rings is 2. The van der Waals surface area contributed by atoms with E-state index < -0.39 is 0 Å². The molecule has 36 heavy (non-hydrogen) atoms. The van der Waals surface area contributed by atoms with E-state index in [1.165, 1.54) is 0 Å². The minimum atomic E-state index is -0.344. The standard InChI is InChI=1S/C29H40N2O5/c1-5-8-19-31-27(32)16-14-23(28(31)22-11-9-10-12-24(22)34-4)29(33)30-18-17-21-13-15-25(35-6-2)26(20-21)36-7-3/h9-13,15,20,23,28H,5-8,14,16-19H2,1-4H3,(H,30,33)/t23-,28-/m0/s1. The summed E-state index contributed by atoms with van der Waals surface area (Å²) in [4.78, 5) is 28.3. The first kappa shape index (κ1) is 27.4. The fraction of sp³-hybridized carbons (Fsp3) is 0.517. The molecule has 7 heteroatoms. The molecule has 0 radical (unpaired) electrons. The summed E-state index contributed by atoms with van der Waals surface area (Å²) in [6.07, 6.45) is 3.44. The van der Waals surface area contributed by atoms with Crippen molar-refractivity contribution in [2.24, 2.45) is 5.92 Å². The van der Waals surface area contributed by atoms with Crippen LogP contribution in [-0.4, -0.2) is 50.1 Å². The van der Waals surface area contributed by atoms with Crippen LogP contribution in [0.5, 0.6) is 17.2 Å². The van der Waals surface area contributed by atoms with Crippen LogP contribution >= 0.6 is 0 Å². The van der Waals surface area contributed by atoms with Gasteiger partial charge >= 0.3 is 0 Å². The number of carbonyl (C=O) groups is 2. The van der Waals surface area contributed by atoms with Gasteiger partial charge in [-0.1, -0.05) is 37.6 Å². The number of carbonyl (C=O) groups excluding carboxylic acids is 2. The Morgan fingerprint density at radius 1 is 1.03 bits per heavy atom. The molecular weight excluding hydrogens is 456 g/mol. The number of nitrogens with zero attached hydrogens (tertiary/aromatic N) is 1. The van der Waals surface area contributed by atoms with E-state index in [2.05, 4.69) is 12.2 Å². The summed E-state index contributed by atoms with van der Waals surface area (Å²) in [7, 11) is 1.63. The second kappa shape index (κ2) is 13.8. The van der Waals surface area contributed by atoms with Gasteiger partial charge in [0.15, 0.2) is 11.5 Å². The maximum absolute atomic E-state index is 13.5. The number of methoxy groups -OCH3 is 1. The van der Waals surface area contributed by atoms with Crippen molar-refractivity contribution in [1.29, 1.82) is 0 Å². The van der Waals surface area contributed by atoms with Crippen molar-refractivity contribution in [3.8, 4) is 17.2 Å². The van der Waals surface area contributed by atoms with Gasteiger partial charge in [-0.3, -0.25) is 9.59 Å². The Labute approximate surface area is 215 Å². The zero-order chi connectivity index (χ0) is 25.9. The Hall–Kier alpha value is -3.22. The van der Waals surface area contributed by atoms with Crippen LogP contribution in [0.25, 0.3) is 0 Å². The van der Waals surface area contributed by atoms with Crippen LogP contribution < -0.4 is 19.5 Å². The molecule has 0 saturated carbocycles. The number of piperidine rings is 1. The van der Waals surface area contributed by atoms with Gasteiger partial charge in [0, 0.05) is 25.1 Å². The van der Waals surface area contributed by atoms with Gasteiger partial charge in [-0.15, -0.1) is 0 Å². The minimum Gasteiger partial charge on any atom is -0.496 e. The Morgan fingerprint density at radius 2 is 1.78 bits per heavy atom. The Kier molecular flexibility index (Phi) is 10.5. The number of unbranched alkanes of at least 4 members (excludes halogenated alkanes) is 1. The van der Waals surface area contributed by atoms with E-state index in [1.807, 2.05) is 61.2 Å². The molecule has 3 rings (SSSR count). The van der Waals surface area contributed by atoms with Crippen molar-refractivity contribution in [1.82, 2.24) is 10.2 Å². The highest BCUT2D eigenvalue weighted by Crippen LogP contribution is 2.41. The average Bonchev–Trinajstić information content (AvgIpc) is 2.89. The molecular formula is C29H40N2O5. The summed E-state index contributed by atoms with van der Waals surface area (Å²) in [6, 6.07) is 13.3. The van der Waals surface area contributed by atoms with E-state index in [9.17, 15) is 9.59 Å². The molecule has 0 aliphatic carbocycles. The molecule has 0 bridgehead atoms. The van der Waals surface area contributed by atoms with Crippen LogP contribution in [0.2, 0.25) is 0 Å². The number of likely N-dealkylation sites (tertiary alicyclic amines) is 1. The normalized spacial score (nSPS) is 17.6. The van der Waals surface area contributed by atoms with E-state index >= 15 is 0 Å². The van der Waals surface area contributed by atoms with Crippen LogP contribution in [-0.2, 0) is 16.0 Å². The van der Waals surface area contributed by atoms with Gasteiger partial charge in [0.2, 0.25) is 11.8 Å². The van der Waals surface area contributed by atoms with Gasteiger partial charge in [0.05, 0.1) is 32.3 Å². The van der Waals surface area contributed by atoms with Crippen LogP contribution in [0.3, 0.4) is 0 Å². The number of para-hydroxylation sites is 1. The third-order valence-corrected chi connectivity index (χ3v) is 6.57. The summed E-state index contributed by atoms with van der Waals surface area (Å²) in [5.41, 5.74) is 1.95. The average molecular weight is 497 g/mol. The predicted octanol–water partition coefficient (Wildman–Crippen LogP) is 4.93. The van der Waals surface area contributed by atoms with Crippen molar-refractivity contribution >= 4 is 11.8 Å². The summed E-state index contributed by atoms with van der Waals surface area (Å²) in [6.45, 7) is 8.25. The van der Waals surface area contributed by atoms with Gasteiger partial charge in [-0.2, -0.15) is 0 Å². The number of hydrogen-bond acceptors (Lipinski definition) is 5. The highest BCUT2D eigenvalue weighted by Gasteiger charge is 2.41. The Morgan fingerprint density at radius 3 is 2.50 bits per heavy atom. The molecule has 1 aliphatic heterocycles. The van der Waals surface area contributed by atoms with Crippen LogP contribution in [0.15, 0.2) is 42.5 Å². The van der Waals surface area contributed by atoms with Gasteiger partial charge in [-0.05, 0) is 56.9 Å². The smallest absolute Gasteiger partial charge is 0.225 e. The van der Waals surface area contributed by atoms with Crippen LogP contribution in [0.1, 0.15) is 63.6 Å². The number of ether oxygens (including phenoxy) is 3. The lowest BCUT2D eigenvalue weighted by atomic mass is 9.83. The fourth-order valence-corrected chi connectivity index (χ4v) is 4.83. The van der Waals surface area contributed by atoms with E-state index in [4.69, 9.17) is 14.2 Å². The Balaban J connectivity index is 1.75. The van der Waals surface area contributed by atoms with Crippen LogP contribution in [0.4, 0.5) is 0 Å². The molecule has 0 spiro atoms. The monoisotopic (exact) mass is 496 g/mol. The SMILES string of the molecule is CCCCN1C(=O)CC[C@H](C(=O)NCCc2ccc(OCC)c(OCC)c2)[C@@H]1c1ccccc1OC. The second-order valence-corrected chi connectivity index (χ2v) is 8.96. The lowest BCUT2D eigenvalue weighted by molar-refractivity contribution is -0.143. The summed E-state index contributed by atoms with van der Waals surface area (Å²) < 4.78 is 17.0. The lowest BCUT2D eigenvalue weighted by Gasteiger charge is -2.41. The second-order valence-electron chi connectivity index (χ2n) is 8.96. The fourth-order valence-electron chi connectivity index (χ4n) is 4.83. The van der Waals surface area contributed by atoms with E-state index in [1.54, 1.807) is 7.11 Å². The molecule has 2 amide bonds. The van der Waals surface area contributed by atoms with Crippen molar-refractivity contribution in [3.63, 3.8) is 0 Å². The zero-order valence-corrected chi connectivity index (χ0v) is 22.0. The third-order valence-electron chi connectivity index (χ3n) is 6.57. The molecule has 0 aromatic heterocycles. The topological polar surface area (TPSA) is 77.1 Å².